The predicted molar refractivity (Wildman–Crippen MR) is 76.2 cm³/mol. The molecule has 1 N–H and O–H groups in total. The Balaban J connectivity index is 1.78. The zero-order valence-corrected chi connectivity index (χ0v) is 11.8. The van der Waals surface area contributed by atoms with E-state index >= 15 is 0 Å². The van der Waals surface area contributed by atoms with Crippen molar-refractivity contribution in [2.24, 2.45) is 0 Å². The Kier molecular flexibility index (Phi) is 5.51. The van der Waals surface area contributed by atoms with Gasteiger partial charge in [0.15, 0.2) is 0 Å². The van der Waals surface area contributed by atoms with Crippen molar-refractivity contribution < 1.29 is 18.3 Å². The van der Waals surface area contributed by atoms with Crippen LogP contribution in [0.4, 0.5) is 4.39 Å². The second kappa shape index (κ2) is 7.59. The third-order valence-electron chi connectivity index (χ3n) is 3.21. The number of furan rings is 1. The highest BCUT2D eigenvalue weighted by Gasteiger charge is 2.14. The summed E-state index contributed by atoms with van der Waals surface area (Å²) in [5.74, 6) is 0.231. The van der Waals surface area contributed by atoms with Gasteiger partial charge in [0, 0.05) is 13.5 Å². The van der Waals surface area contributed by atoms with Gasteiger partial charge in [0.2, 0.25) is 5.91 Å². The van der Waals surface area contributed by atoms with Gasteiger partial charge in [-0.1, -0.05) is 18.2 Å². The summed E-state index contributed by atoms with van der Waals surface area (Å²) in [6.45, 7) is 0.320. The number of amides is 1. The van der Waals surface area contributed by atoms with Gasteiger partial charge in [0.1, 0.15) is 17.7 Å². The molecule has 0 spiro atoms. The molecule has 1 atom stereocenters. The topological polar surface area (TPSA) is 51.5 Å². The van der Waals surface area contributed by atoms with E-state index in [2.05, 4.69) is 5.32 Å². The molecule has 0 aliphatic rings. The fraction of sp³-hybridized carbons (Fsp3) is 0.312. The lowest BCUT2D eigenvalue weighted by atomic mass is 10.1. The van der Waals surface area contributed by atoms with Crippen molar-refractivity contribution in [1.82, 2.24) is 5.32 Å². The lowest BCUT2D eigenvalue weighted by Gasteiger charge is -2.13. The summed E-state index contributed by atoms with van der Waals surface area (Å²) < 4.78 is 23.9. The molecule has 1 heterocycles. The number of carbonyl (C=O) groups excluding carboxylic acids is 1. The maximum atomic E-state index is 13.4. The van der Waals surface area contributed by atoms with Crippen LogP contribution in [-0.2, 0) is 16.0 Å². The van der Waals surface area contributed by atoms with Crippen LogP contribution in [0.3, 0.4) is 0 Å². The second-order valence-corrected chi connectivity index (χ2v) is 4.64. The molecule has 0 aliphatic heterocycles. The largest absolute Gasteiger partial charge is 0.467 e. The number of aryl methyl sites for hydroxylation is 1. The highest BCUT2D eigenvalue weighted by Crippen LogP contribution is 2.16. The first-order valence-electron chi connectivity index (χ1n) is 6.77. The third kappa shape index (κ3) is 4.43. The quantitative estimate of drug-likeness (QED) is 0.853. The summed E-state index contributed by atoms with van der Waals surface area (Å²) in [5, 5.41) is 2.77. The van der Waals surface area contributed by atoms with Gasteiger partial charge in [0.05, 0.1) is 12.8 Å². The smallest absolute Gasteiger partial charge is 0.220 e. The molecule has 112 valence electrons. The summed E-state index contributed by atoms with van der Waals surface area (Å²) in [4.78, 5) is 11.8. The van der Waals surface area contributed by atoms with Crippen molar-refractivity contribution in [3.8, 4) is 0 Å². The Labute approximate surface area is 122 Å². The summed E-state index contributed by atoms with van der Waals surface area (Å²) in [6, 6.07) is 10.0. The summed E-state index contributed by atoms with van der Waals surface area (Å²) >= 11 is 0. The van der Waals surface area contributed by atoms with E-state index in [9.17, 15) is 9.18 Å². The lowest BCUT2D eigenvalue weighted by molar-refractivity contribution is -0.121. The monoisotopic (exact) mass is 291 g/mol. The highest BCUT2D eigenvalue weighted by atomic mass is 19.1. The van der Waals surface area contributed by atoms with Gasteiger partial charge in [-0.3, -0.25) is 4.79 Å². The maximum absolute atomic E-state index is 13.4. The number of halogens is 1. The molecular formula is C16H18FNO3. The minimum Gasteiger partial charge on any atom is -0.467 e. The van der Waals surface area contributed by atoms with E-state index in [4.69, 9.17) is 9.15 Å². The molecule has 0 aliphatic carbocycles. The number of nitrogens with one attached hydrogen (secondary N) is 1. The van der Waals surface area contributed by atoms with Crippen LogP contribution >= 0.6 is 0 Å². The van der Waals surface area contributed by atoms with Gasteiger partial charge in [-0.2, -0.15) is 0 Å². The molecule has 2 aromatic rings. The summed E-state index contributed by atoms with van der Waals surface area (Å²) in [6.07, 6.45) is 1.84. The minimum atomic E-state index is -0.322. The van der Waals surface area contributed by atoms with E-state index in [0.29, 0.717) is 24.3 Å². The first kappa shape index (κ1) is 15.3. The van der Waals surface area contributed by atoms with Crippen LogP contribution in [0.15, 0.2) is 47.1 Å². The average molecular weight is 291 g/mol. The standard InChI is InChI=1S/C16H18FNO3/c1-20-15(14-7-4-10-21-14)11-18-16(19)9-8-12-5-2-3-6-13(12)17/h2-7,10,15H,8-9,11H2,1H3,(H,18,19). The number of benzene rings is 1. The molecule has 5 heteroatoms. The normalized spacial score (nSPS) is 12.1. The van der Waals surface area contributed by atoms with Gasteiger partial charge in [-0.25, -0.2) is 4.39 Å². The van der Waals surface area contributed by atoms with Crippen molar-refractivity contribution in [3.63, 3.8) is 0 Å². The zero-order chi connectivity index (χ0) is 15.1. The Hall–Kier alpha value is -2.14. The molecule has 0 bridgehead atoms. The van der Waals surface area contributed by atoms with E-state index in [1.807, 2.05) is 0 Å². The molecule has 0 fully saturated rings. The summed E-state index contributed by atoms with van der Waals surface area (Å²) in [7, 11) is 1.55. The van der Waals surface area contributed by atoms with Gasteiger partial charge in [-0.15, -0.1) is 0 Å². The van der Waals surface area contributed by atoms with Crippen molar-refractivity contribution >= 4 is 5.91 Å². The van der Waals surface area contributed by atoms with E-state index in [1.54, 1.807) is 43.7 Å². The van der Waals surface area contributed by atoms with E-state index in [0.717, 1.165) is 0 Å². The molecule has 0 radical (unpaired) electrons. The molecule has 2 rings (SSSR count). The van der Waals surface area contributed by atoms with Crippen LogP contribution in [0.1, 0.15) is 23.8 Å². The molecule has 4 nitrogen and oxygen atoms in total. The number of hydrogen-bond donors (Lipinski definition) is 1. The van der Waals surface area contributed by atoms with Crippen LogP contribution in [-0.4, -0.2) is 19.6 Å². The van der Waals surface area contributed by atoms with Gasteiger partial charge in [0.25, 0.3) is 0 Å². The predicted octanol–water partition coefficient (Wildman–Crippen LogP) is 2.86. The third-order valence-corrected chi connectivity index (χ3v) is 3.21. The molecule has 1 amide bonds. The van der Waals surface area contributed by atoms with Crippen molar-refractivity contribution in [3.05, 3.63) is 59.8 Å². The number of hydrogen-bond acceptors (Lipinski definition) is 3. The van der Waals surface area contributed by atoms with Crippen molar-refractivity contribution in [2.45, 2.75) is 18.9 Å². The van der Waals surface area contributed by atoms with E-state index < -0.39 is 0 Å². The van der Waals surface area contributed by atoms with Crippen LogP contribution < -0.4 is 5.32 Å². The zero-order valence-electron chi connectivity index (χ0n) is 11.8. The number of carbonyl (C=O) groups is 1. The lowest BCUT2D eigenvalue weighted by Crippen LogP contribution is -2.29. The van der Waals surface area contributed by atoms with Crippen molar-refractivity contribution in [2.75, 3.05) is 13.7 Å². The highest BCUT2D eigenvalue weighted by molar-refractivity contribution is 5.76. The average Bonchev–Trinajstić information content (AvgIpc) is 3.01. The maximum Gasteiger partial charge on any atom is 0.220 e. The second-order valence-electron chi connectivity index (χ2n) is 4.64. The first-order chi connectivity index (χ1) is 10.2. The number of ether oxygens (including phenoxy) is 1. The van der Waals surface area contributed by atoms with E-state index in [1.165, 1.54) is 6.07 Å². The van der Waals surface area contributed by atoms with Gasteiger partial charge >= 0.3 is 0 Å². The Morgan fingerprint density at radius 3 is 2.81 bits per heavy atom. The Morgan fingerprint density at radius 2 is 2.14 bits per heavy atom. The Morgan fingerprint density at radius 1 is 1.33 bits per heavy atom. The molecule has 1 unspecified atom stereocenters. The van der Waals surface area contributed by atoms with Gasteiger partial charge < -0.3 is 14.5 Å². The fourth-order valence-corrected chi connectivity index (χ4v) is 2.02. The SMILES string of the molecule is COC(CNC(=O)CCc1ccccc1F)c1ccco1. The van der Waals surface area contributed by atoms with Crippen LogP contribution in [0.2, 0.25) is 0 Å². The molecule has 0 saturated heterocycles. The van der Waals surface area contributed by atoms with Crippen molar-refractivity contribution in [1.29, 1.82) is 0 Å². The van der Waals surface area contributed by atoms with Gasteiger partial charge in [-0.05, 0) is 30.2 Å². The van der Waals surface area contributed by atoms with Crippen LogP contribution in [0, 0.1) is 5.82 Å². The number of rotatable bonds is 7. The summed E-state index contributed by atoms with van der Waals surface area (Å²) in [5.41, 5.74) is 0.543. The molecule has 21 heavy (non-hydrogen) atoms. The molecule has 1 aromatic heterocycles. The van der Waals surface area contributed by atoms with Crippen LogP contribution in [0.5, 0.6) is 0 Å². The Bertz CT molecular complexity index is 569. The fourth-order valence-electron chi connectivity index (χ4n) is 2.02. The molecule has 0 saturated carbocycles. The van der Waals surface area contributed by atoms with Crippen LogP contribution in [0.25, 0.3) is 0 Å². The molecular weight excluding hydrogens is 273 g/mol. The molecule has 1 aromatic carbocycles. The minimum absolute atomic E-state index is 0.146. The van der Waals surface area contributed by atoms with E-state index in [-0.39, 0.29) is 24.2 Å². The first-order valence-corrected chi connectivity index (χ1v) is 6.77. The number of methoxy groups -OCH3 is 1.